The standard InChI is InChI=1S/C34H40N2O7S/c1-34(2,3)44-24-29(32(39)43-23-27-17-11-6-12-18-27)36-33(40)35-28(31(38)42-22-26-15-9-5-10-16-26)19-20-30(37)41-21-25-13-7-4-8-14-25/h4-18,28-29H,19-24H2,1-3H3,(H2,35,36,40)/t28-,29-/m0/s1. The smallest absolute Gasteiger partial charge is 0.329 e. The van der Waals surface area contributed by atoms with Gasteiger partial charge >= 0.3 is 23.9 Å². The van der Waals surface area contributed by atoms with Crippen molar-refractivity contribution in [1.82, 2.24) is 10.6 Å². The fourth-order valence-electron chi connectivity index (χ4n) is 3.84. The summed E-state index contributed by atoms with van der Waals surface area (Å²) in [4.78, 5) is 51.7. The molecule has 9 nitrogen and oxygen atoms in total. The lowest BCUT2D eigenvalue weighted by Gasteiger charge is -2.24. The van der Waals surface area contributed by atoms with Crippen LogP contribution in [0.3, 0.4) is 0 Å². The van der Waals surface area contributed by atoms with Crippen molar-refractivity contribution in [2.75, 3.05) is 5.75 Å². The van der Waals surface area contributed by atoms with Crippen LogP contribution in [-0.2, 0) is 48.4 Å². The maximum absolute atomic E-state index is 13.1. The number of amides is 2. The summed E-state index contributed by atoms with van der Waals surface area (Å²) < 4.78 is 16.1. The molecule has 2 N–H and O–H groups in total. The van der Waals surface area contributed by atoms with Crippen molar-refractivity contribution in [1.29, 1.82) is 0 Å². The molecule has 0 aliphatic rings. The zero-order chi connectivity index (χ0) is 31.8. The molecule has 0 unspecified atom stereocenters. The van der Waals surface area contributed by atoms with E-state index >= 15 is 0 Å². The van der Waals surface area contributed by atoms with Crippen LogP contribution in [0.2, 0.25) is 0 Å². The summed E-state index contributed by atoms with van der Waals surface area (Å²) in [5.74, 6) is -1.60. The topological polar surface area (TPSA) is 120 Å². The molecule has 0 saturated carbocycles. The first-order valence-corrected chi connectivity index (χ1v) is 15.4. The van der Waals surface area contributed by atoms with Crippen molar-refractivity contribution in [3.05, 3.63) is 108 Å². The molecule has 0 saturated heterocycles. The van der Waals surface area contributed by atoms with Gasteiger partial charge in [-0.2, -0.15) is 11.8 Å². The monoisotopic (exact) mass is 620 g/mol. The summed E-state index contributed by atoms with van der Waals surface area (Å²) in [5, 5.41) is 5.24. The fourth-order valence-corrected chi connectivity index (χ4v) is 4.73. The number of carbonyl (C=O) groups is 4. The number of benzene rings is 3. The highest BCUT2D eigenvalue weighted by molar-refractivity contribution is 8.00. The van der Waals surface area contributed by atoms with Gasteiger partial charge in [-0.15, -0.1) is 0 Å². The minimum Gasteiger partial charge on any atom is -0.461 e. The Labute approximate surface area is 263 Å². The van der Waals surface area contributed by atoms with E-state index < -0.39 is 36.0 Å². The van der Waals surface area contributed by atoms with Gasteiger partial charge in [-0.3, -0.25) is 4.79 Å². The maximum atomic E-state index is 13.1. The highest BCUT2D eigenvalue weighted by atomic mass is 32.2. The molecule has 44 heavy (non-hydrogen) atoms. The zero-order valence-corrected chi connectivity index (χ0v) is 26.1. The van der Waals surface area contributed by atoms with Gasteiger partial charge in [0, 0.05) is 16.9 Å². The molecule has 234 valence electrons. The lowest BCUT2D eigenvalue weighted by molar-refractivity contribution is -0.149. The third-order valence-electron chi connectivity index (χ3n) is 6.19. The van der Waals surface area contributed by atoms with Crippen molar-refractivity contribution in [3.63, 3.8) is 0 Å². The van der Waals surface area contributed by atoms with E-state index in [2.05, 4.69) is 10.6 Å². The highest BCUT2D eigenvalue weighted by Crippen LogP contribution is 2.24. The number of thioether (sulfide) groups is 1. The third kappa shape index (κ3) is 13.3. The van der Waals surface area contributed by atoms with E-state index in [1.807, 2.05) is 112 Å². The predicted octanol–water partition coefficient (Wildman–Crippen LogP) is 5.56. The van der Waals surface area contributed by atoms with Crippen LogP contribution in [-0.4, -0.2) is 46.5 Å². The van der Waals surface area contributed by atoms with Gasteiger partial charge in [-0.1, -0.05) is 112 Å². The maximum Gasteiger partial charge on any atom is 0.329 e. The van der Waals surface area contributed by atoms with Crippen molar-refractivity contribution in [3.8, 4) is 0 Å². The number of carbonyl (C=O) groups excluding carboxylic acids is 4. The summed E-state index contributed by atoms with van der Waals surface area (Å²) >= 11 is 1.49. The largest absolute Gasteiger partial charge is 0.461 e. The summed E-state index contributed by atoms with van der Waals surface area (Å²) in [6.07, 6.45) is -0.199. The van der Waals surface area contributed by atoms with E-state index in [1.54, 1.807) is 0 Å². The molecule has 0 spiro atoms. The highest BCUT2D eigenvalue weighted by Gasteiger charge is 2.29. The van der Waals surface area contributed by atoms with E-state index in [-0.39, 0.29) is 43.2 Å². The molecule has 0 aromatic heterocycles. The van der Waals surface area contributed by atoms with Crippen LogP contribution >= 0.6 is 11.8 Å². The van der Waals surface area contributed by atoms with E-state index in [0.29, 0.717) is 0 Å². The summed E-state index contributed by atoms with van der Waals surface area (Å²) in [5.41, 5.74) is 2.41. The van der Waals surface area contributed by atoms with Crippen LogP contribution in [0.5, 0.6) is 0 Å². The Morgan fingerprint density at radius 3 is 1.50 bits per heavy atom. The second kappa shape index (κ2) is 17.7. The van der Waals surface area contributed by atoms with E-state index in [4.69, 9.17) is 14.2 Å². The van der Waals surface area contributed by atoms with E-state index in [0.717, 1.165) is 16.7 Å². The molecule has 0 aliphatic heterocycles. The number of rotatable bonds is 15. The minimum atomic E-state index is -1.17. The summed E-state index contributed by atoms with van der Waals surface area (Å²) in [6.45, 7) is 6.14. The Bertz CT molecular complexity index is 1330. The second-order valence-electron chi connectivity index (χ2n) is 11.0. The fraction of sp³-hybridized carbons (Fsp3) is 0.353. The number of ether oxygens (including phenoxy) is 3. The molecule has 3 aromatic rings. The molecule has 0 aliphatic carbocycles. The third-order valence-corrected chi connectivity index (χ3v) is 7.56. The minimum absolute atomic E-state index is 0.00537. The van der Waals surface area contributed by atoms with Crippen LogP contribution < -0.4 is 10.6 Å². The molecular formula is C34H40N2O7S. The average Bonchev–Trinajstić information content (AvgIpc) is 3.02. The molecule has 2 amide bonds. The van der Waals surface area contributed by atoms with Crippen LogP contribution in [0.15, 0.2) is 91.0 Å². The first-order valence-electron chi connectivity index (χ1n) is 14.4. The molecule has 3 aromatic carbocycles. The second-order valence-corrected chi connectivity index (χ2v) is 12.9. The van der Waals surface area contributed by atoms with Crippen LogP contribution in [0.1, 0.15) is 50.3 Å². The van der Waals surface area contributed by atoms with Crippen molar-refractivity contribution >= 4 is 35.7 Å². The van der Waals surface area contributed by atoms with Gasteiger partial charge in [0.1, 0.15) is 31.9 Å². The van der Waals surface area contributed by atoms with Gasteiger partial charge in [0.15, 0.2) is 0 Å². The summed E-state index contributed by atoms with van der Waals surface area (Å²) in [7, 11) is 0. The van der Waals surface area contributed by atoms with Gasteiger partial charge < -0.3 is 24.8 Å². The first kappa shape index (κ1) is 34.2. The zero-order valence-electron chi connectivity index (χ0n) is 25.3. The molecule has 0 radical (unpaired) electrons. The van der Waals surface area contributed by atoms with Gasteiger partial charge in [0.2, 0.25) is 0 Å². The predicted molar refractivity (Wildman–Crippen MR) is 169 cm³/mol. The van der Waals surface area contributed by atoms with Crippen molar-refractivity contribution < 1.29 is 33.4 Å². The van der Waals surface area contributed by atoms with Crippen LogP contribution in [0.25, 0.3) is 0 Å². The van der Waals surface area contributed by atoms with Crippen LogP contribution in [0, 0.1) is 0 Å². The van der Waals surface area contributed by atoms with E-state index in [9.17, 15) is 19.2 Å². The van der Waals surface area contributed by atoms with Gasteiger partial charge in [-0.25, -0.2) is 14.4 Å². The number of hydrogen-bond acceptors (Lipinski definition) is 8. The van der Waals surface area contributed by atoms with Gasteiger partial charge in [-0.05, 0) is 23.1 Å². The first-order chi connectivity index (χ1) is 21.1. The quantitative estimate of drug-likeness (QED) is 0.167. The molecular weight excluding hydrogens is 580 g/mol. The number of urea groups is 1. The Morgan fingerprint density at radius 2 is 1.05 bits per heavy atom. The normalized spacial score (nSPS) is 12.3. The molecule has 2 atom stereocenters. The Kier molecular flexibility index (Phi) is 13.8. The average molecular weight is 621 g/mol. The number of esters is 3. The van der Waals surface area contributed by atoms with Crippen LogP contribution in [0.4, 0.5) is 4.79 Å². The number of nitrogens with one attached hydrogen (secondary N) is 2. The molecule has 10 heteroatoms. The Morgan fingerprint density at radius 1 is 0.636 bits per heavy atom. The molecule has 0 fully saturated rings. The molecule has 3 rings (SSSR count). The van der Waals surface area contributed by atoms with Crippen molar-refractivity contribution in [2.24, 2.45) is 0 Å². The Hall–Kier alpha value is -4.31. The summed E-state index contributed by atoms with van der Waals surface area (Å²) in [6, 6.07) is 24.6. The lowest BCUT2D eigenvalue weighted by atomic mass is 10.1. The Balaban J connectivity index is 1.63. The molecule has 0 bridgehead atoms. The lowest BCUT2D eigenvalue weighted by Crippen LogP contribution is -2.52. The van der Waals surface area contributed by atoms with Gasteiger partial charge in [0.25, 0.3) is 0 Å². The SMILES string of the molecule is CC(C)(C)SC[C@H](NC(=O)N[C@@H](CCC(=O)OCc1ccccc1)C(=O)OCc1ccccc1)C(=O)OCc1ccccc1. The molecule has 0 heterocycles. The van der Waals surface area contributed by atoms with Crippen molar-refractivity contribution in [2.45, 2.75) is 70.3 Å². The van der Waals surface area contributed by atoms with E-state index in [1.165, 1.54) is 11.8 Å². The number of hydrogen-bond donors (Lipinski definition) is 2. The van der Waals surface area contributed by atoms with Gasteiger partial charge in [0.05, 0.1) is 0 Å².